The van der Waals surface area contributed by atoms with E-state index in [-0.39, 0.29) is 0 Å². The number of piperidine rings is 1. The van der Waals surface area contributed by atoms with Crippen LogP contribution >= 0.6 is 0 Å². The number of benzene rings is 1. The van der Waals surface area contributed by atoms with Crippen LogP contribution < -0.4 is 0 Å². The highest BCUT2D eigenvalue weighted by atomic mass is 16.6. The first-order chi connectivity index (χ1) is 9.25. The molecule has 2 aliphatic heterocycles. The van der Waals surface area contributed by atoms with Crippen molar-refractivity contribution in [3.05, 3.63) is 35.9 Å². The number of likely N-dealkylation sites (tertiary alicyclic amines) is 1. The van der Waals surface area contributed by atoms with E-state index in [2.05, 4.69) is 54.2 Å². The van der Waals surface area contributed by atoms with Crippen molar-refractivity contribution >= 4 is 5.71 Å². The zero-order valence-electron chi connectivity index (χ0n) is 11.5. The number of fused-ring (bicyclic) bond motifs is 5. The zero-order valence-corrected chi connectivity index (χ0v) is 11.5. The van der Waals surface area contributed by atoms with Crippen molar-refractivity contribution in [2.24, 2.45) is 17.0 Å². The molecule has 2 heterocycles. The summed E-state index contributed by atoms with van der Waals surface area (Å²) in [4.78, 5) is 8.41. The molecule has 1 aromatic carbocycles. The summed E-state index contributed by atoms with van der Waals surface area (Å²) in [5, 5.41) is 4.42. The molecule has 1 aliphatic carbocycles. The molecular weight excluding hydrogens is 236 g/mol. The third-order valence-electron chi connectivity index (χ3n) is 4.97. The van der Waals surface area contributed by atoms with E-state index in [1.807, 2.05) is 0 Å². The van der Waals surface area contributed by atoms with Gasteiger partial charge in [-0.05, 0) is 25.8 Å². The Bertz CT molecular complexity index is 511. The lowest BCUT2D eigenvalue weighted by Crippen LogP contribution is -2.48. The molecule has 0 aromatic heterocycles. The van der Waals surface area contributed by atoms with Crippen molar-refractivity contribution in [3.63, 3.8) is 0 Å². The second kappa shape index (κ2) is 4.07. The third-order valence-corrected chi connectivity index (χ3v) is 4.97. The fourth-order valence-electron chi connectivity index (χ4n) is 4.15. The smallest absolute Gasteiger partial charge is 0.141 e. The van der Waals surface area contributed by atoms with Crippen LogP contribution in [0.4, 0.5) is 0 Å². The molecule has 1 saturated carbocycles. The molecule has 19 heavy (non-hydrogen) atoms. The topological polar surface area (TPSA) is 24.8 Å². The largest absolute Gasteiger partial charge is 0.391 e. The Labute approximate surface area is 114 Å². The summed E-state index contributed by atoms with van der Waals surface area (Å²) in [6.07, 6.45) is 1.61. The van der Waals surface area contributed by atoms with Gasteiger partial charge in [0.05, 0.1) is 11.6 Å². The van der Waals surface area contributed by atoms with E-state index in [0.29, 0.717) is 30.0 Å². The van der Waals surface area contributed by atoms with Crippen molar-refractivity contribution in [1.29, 1.82) is 0 Å². The predicted octanol–water partition coefficient (Wildman–Crippen LogP) is 2.52. The molecule has 0 unspecified atom stereocenters. The van der Waals surface area contributed by atoms with E-state index in [4.69, 9.17) is 4.84 Å². The summed E-state index contributed by atoms with van der Waals surface area (Å²) in [5.41, 5.74) is 2.40. The molecule has 4 atom stereocenters. The molecule has 1 saturated heterocycles. The van der Waals surface area contributed by atoms with Crippen molar-refractivity contribution in [3.8, 4) is 0 Å². The molecule has 0 radical (unpaired) electrons. The Morgan fingerprint density at radius 1 is 1.26 bits per heavy atom. The molecule has 2 fully saturated rings. The zero-order chi connectivity index (χ0) is 13.0. The Hall–Kier alpha value is -1.35. The van der Waals surface area contributed by atoms with Gasteiger partial charge in [-0.1, -0.05) is 35.5 Å². The maximum atomic E-state index is 5.77. The Balaban J connectivity index is 1.67. The first kappa shape index (κ1) is 11.5. The van der Waals surface area contributed by atoms with Crippen molar-refractivity contribution < 1.29 is 4.84 Å². The molecule has 1 aromatic rings. The normalized spacial score (nSPS) is 36.5. The Morgan fingerprint density at radius 3 is 2.79 bits per heavy atom. The molecule has 3 aliphatic rings. The summed E-state index contributed by atoms with van der Waals surface area (Å²) < 4.78 is 0. The van der Waals surface area contributed by atoms with Crippen LogP contribution in [0.2, 0.25) is 0 Å². The number of nitrogens with zero attached hydrogens (tertiary/aromatic N) is 2. The van der Waals surface area contributed by atoms with Gasteiger partial charge in [-0.2, -0.15) is 0 Å². The highest BCUT2D eigenvalue weighted by Crippen LogP contribution is 2.48. The molecule has 3 heteroatoms. The van der Waals surface area contributed by atoms with Gasteiger partial charge >= 0.3 is 0 Å². The number of oxime groups is 1. The standard InChI is InChI=1S/C16H20N2O/c1-10(2)18-9-12-8-13(18)14-15(17-19-16(12)14)11-6-4-3-5-7-11/h3-7,10,12-14,16H,8-9H2,1-2H3/t12-,13-,14-,16-/m0/s1. The first-order valence-corrected chi connectivity index (χ1v) is 7.30. The van der Waals surface area contributed by atoms with Crippen LogP contribution in [0.1, 0.15) is 25.8 Å². The lowest BCUT2D eigenvalue weighted by molar-refractivity contribution is -0.0000186. The van der Waals surface area contributed by atoms with Gasteiger partial charge in [0.1, 0.15) is 6.10 Å². The minimum absolute atomic E-state index is 0.329. The highest BCUT2D eigenvalue weighted by molar-refractivity contribution is 6.03. The summed E-state index contributed by atoms with van der Waals surface area (Å²) in [6.45, 7) is 5.77. The molecular formula is C16H20N2O. The maximum Gasteiger partial charge on any atom is 0.141 e. The van der Waals surface area contributed by atoms with Gasteiger partial charge in [-0.3, -0.25) is 4.90 Å². The van der Waals surface area contributed by atoms with Gasteiger partial charge in [0.15, 0.2) is 0 Å². The third kappa shape index (κ3) is 1.57. The lowest BCUT2D eigenvalue weighted by atomic mass is 9.87. The SMILES string of the molecule is CC(C)N1C[C@@H]2C[C@H]1[C@H]1C(c3ccccc3)=NO[C@@H]21. The van der Waals surface area contributed by atoms with Crippen molar-refractivity contribution in [1.82, 2.24) is 4.90 Å². The lowest BCUT2D eigenvalue weighted by Gasteiger charge is -2.36. The number of rotatable bonds is 2. The van der Waals surface area contributed by atoms with Crippen LogP contribution in [-0.4, -0.2) is 35.3 Å². The fraction of sp³-hybridized carbons (Fsp3) is 0.562. The van der Waals surface area contributed by atoms with Crippen LogP contribution in [0.25, 0.3) is 0 Å². The van der Waals surface area contributed by atoms with E-state index in [0.717, 1.165) is 0 Å². The molecule has 0 N–H and O–H groups in total. The minimum Gasteiger partial charge on any atom is -0.391 e. The monoisotopic (exact) mass is 256 g/mol. The van der Waals surface area contributed by atoms with Gasteiger partial charge in [0.25, 0.3) is 0 Å². The Kier molecular flexibility index (Phi) is 2.46. The van der Waals surface area contributed by atoms with Crippen LogP contribution in [0.5, 0.6) is 0 Å². The van der Waals surface area contributed by atoms with Gasteiger partial charge in [0, 0.05) is 24.5 Å². The van der Waals surface area contributed by atoms with Crippen LogP contribution in [-0.2, 0) is 4.84 Å². The van der Waals surface area contributed by atoms with E-state index >= 15 is 0 Å². The van der Waals surface area contributed by atoms with E-state index < -0.39 is 0 Å². The summed E-state index contributed by atoms with van der Waals surface area (Å²) in [5.74, 6) is 1.14. The van der Waals surface area contributed by atoms with E-state index in [9.17, 15) is 0 Å². The summed E-state index contributed by atoms with van der Waals surface area (Å²) >= 11 is 0. The minimum atomic E-state index is 0.329. The quantitative estimate of drug-likeness (QED) is 0.812. The van der Waals surface area contributed by atoms with Crippen LogP contribution in [0.3, 0.4) is 0 Å². The molecule has 100 valence electrons. The second-order valence-electron chi connectivity index (χ2n) is 6.29. The molecule has 3 nitrogen and oxygen atoms in total. The van der Waals surface area contributed by atoms with E-state index in [1.165, 1.54) is 24.2 Å². The highest BCUT2D eigenvalue weighted by Gasteiger charge is 2.58. The summed E-state index contributed by atoms with van der Waals surface area (Å²) in [6, 6.07) is 11.8. The van der Waals surface area contributed by atoms with Gasteiger partial charge in [0.2, 0.25) is 0 Å². The van der Waals surface area contributed by atoms with Gasteiger partial charge in [-0.25, -0.2) is 0 Å². The van der Waals surface area contributed by atoms with Crippen LogP contribution in [0, 0.1) is 11.8 Å². The second-order valence-corrected chi connectivity index (χ2v) is 6.29. The van der Waals surface area contributed by atoms with Crippen molar-refractivity contribution in [2.75, 3.05) is 6.54 Å². The maximum absolute atomic E-state index is 5.77. The molecule has 0 amide bonds. The average Bonchev–Trinajstić information content (AvgIpc) is 3.10. The van der Waals surface area contributed by atoms with E-state index in [1.54, 1.807) is 0 Å². The average molecular weight is 256 g/mol. The van der Waals surface area contributed by atoms with Gasteiger partial charge in [-0.15, -0.1) is 0 Å². The number of hydrogen-bond acceptors (Lipinski definition) is 3. The molecule has 4 rings (SSSR count). The van der Waals surface area contributed by atoms with Crippen LogP contribution in [0.15, 0.2) is 35.5 Å². The fourth-order valence-corrected chi connectivity index (χ4v) is 4.15. The molecule has 2 bridgehead atoms. The predicted molar refractivity (Wildman–Crippen MR) is 75.1 cm³/mol. The van der Waals surface area contributed by atoms with Gasteiger partial charge < -0.3 is 4.84 Å². The molecule has 0 spiro atoms. The number of hydrogen-bond donors (Lipinski definition) is 0. The Morgan fingerprint density at radius 2 is 2.05 bits per heavy atom. The summed E-state index contributed by atoms with van der Waals surface area (Å²) in [7, 11) is 0. The first-order valence-electron chi connectivity index (χ1n) is 7.30. The van der Waals surface area contributed by atoms with Crippen molar-refractivity contribution in [2.45, 2.75) is 38.5 Å².